The lowest BCUT2D eigenvalue weighted by atomic mass is 9.97. The van der Waals surface area contributed by atoms with Crippen LogP contribution in [0.2, 0.25) is 0 Å². The van der Waals surface area contributed by atoms with Crippen molar-refractivity contribution in [3.63, 3.8) is 0 Å². The van der Waals surface area contributed by atoms with Gasteiger partial charge in [-0.2, -0.15) is 0 Å². The van der Waals surface area contributed by atoms with Gasteiger partial charge in [-0.3, -0.25) is 9.59 Å². The van der Waals surface area contributed by atoms with E-state index in [0.29, 0.717) is 0 Å². The Balaban J connectivity index is 2.10. The van der Waals surface area contributed by atoms with Crippen LogP contribution < -0.4 is 0 Å². The van der Waals surface area contributed by atoms with E-state index in [1.54, 1.807) is 0 Å². The second-order valence-electron chi connectivity index (χ2n) is 3.53. The van der Waals surface area contributed by atoms with Crippen LogP contribution in [0.15, 0.2) is 0 Å². The van der Waals surface area contributed by atoms with Gasteiger partial charge in [0, 0.05) is 0 Å². The quantitative estimate of drug-likeness (QED) is 0.591. The van der Waals surface area contributed by atoms with Crippen molar-refractivity contribution in [3.8, 4) is 0 Å². The molecule has 0 aromatic heterocycles. The van der Waals surface area contributed by atoms with Crippen LogP contribution in [0.3, 0.4) is 0 Å². The average Bonchev–Trinajstić information content (AvgIpc) is 2.52. The van der Waals surface area contributed by atoms with E-state index in [2.05, 4.69) is 0 Å². The first kappa shape index (κ1) is 8.53. The van der Waals surface area contributed by atoms with Gasteiger partial charge in [0.25, 0.3) is 0 Å². The lowest BCUT2D eigenvalue weighted by molar-refractivity contribution is -0.148. The monoisotopic (exact) mass is 184 g/mol. The number of carbonyl (C=O) groups excluding carboxylic acids is 2. The average molecular weight is 184 g/mol. The maximum Gasteiger partial charge on any atom is 0.313 e. The fourth-order valence-electron chi connectivity index (χ4n) is 1.97. The van der Waals surface area contributed by atoms with Gasteiger partial charge < -0.3 is 9.47 Å². The van der Waals surface area contributed by atoms with E-state index in [1.807, 2.05) is 6.92 Å². The molecule has 2 saturated heterocycles. The van der Waals surface area contributed by atoms with Crippen LogP contribution in [0.4, 0.5) is 0 Å². The molecule has 0 aliphatic carbocycles. The van der Waals surface area contributed by atoms with Gasteiger partial charge in [0.2, 0.25) is 0 Å². The van der Waals surface area contributed by atoms with Gasteiger partial charge in [-0.25, -0.2) is 0 Å². The lowest BCUT2D eigenvalue weighted by Crippen LogP contribution is -2.24. The van der Waals surface area contributed by atoms with Crippen molar-refractivity contribution in [2.45, 2.75) is 38.4 Å². The molecule has 13 heavy (non-hydrogen) atoms. The van der Waals surface area contributed by atoms with E-state index in [-0.39, 0.29) is 36.5 Å². The highest BCUT2D eigenvalue weighted by Crippen LogP contribution is 2.34. The first-order valence-electron chi connectivity index (χ1n) is 4.62. The van der Waals surface area contributed by atoms with E-state index in [9.17, 15) is 9.59 Å². The fraction of sp³-hybridized carbons (Fsp3) is 0.778. The molecule has 2 aliphatic rings. The minimum atomic E-state index is -0.309. The molecule has 2 fully saturated rings. The van der Waals surface area contributed by atoms with Gasteiger partial charge in [0.05, 0.1) is 12.3 Å². The van der Waals surface area contributed by atoms with Crippen molar-refractivity contribution in [1.29, 1.82) is 0 Å². The second kappa shape index (κ2) is 3.01. The van der Waals surface area contributed by atoms with E-state index in [0.717, 1.165) is 12.8 Å². The van der Waals surface area contributed by atoms with Crippen LogP contribution in [-0.2, 0) is 19.1 Å². The molecule has 3 atom stereocenters. The van der Waals surface area contributed by atoms with E-state index in [1.165, 1.54) is 0 Å². The van der Waals surface area contributed by atoms with Gasteiger partial charge in [-0.1, -0.05) is 13.3 Å². The number of carbonyl (C=O) groups is 2. The number of esters is 2. The summed E-state index contributed by atoms with van der Waals surface area (Å²) < 4.78 is 10.1. The molecule has 2 rings (SSSR count). The van der Waals surface area contributed by atoms with Gasteiger partial charge in [-0.15, -0.1) is 0 Å². The predicted octanol–water partition coefficient (Wildman–Crippen LogP) is 0.644. The Labute approximate surface area is 76.2 Å². The van der Waals surface area contributed by atoms with Gasteiger partial charge in [0.1, 0.15) is 6.10 Å². The highest BCUT2D eigenvalue weighted by atomic mass is 16.6. The molecule has 0 N–H and O–H groups in total. The number of rotatable bonds is 2. The zero-order valence-electron chi connectivity index (χ0n) is 7.49. The normalized spacial score (nSPS) is 37.2. The third-order valence-electron chi connectivity index (χ3n) is 2.57. The van der Waals surface area contributed by atoms with Gasteiger partial charge in [0.15, 0.2) is 6.10 Å². The van der Waals surface area contributed by atoms with Crippen molar-refractivity contribution in [2.24, 2.45) is 5.92 Å². The van der Waals surface area contributed by atoms with Crippen LogP contribution in [0.25, 0.3) is 0 Å². The molecule has 2 heterocycles. The summed E-state index contributed by atoms with van der Waals surface area (Å²) in [5.74, 6) is -0.672. The number of hydrogen-bond acceptors (Lipinski definition) is 4. The Bertz CT molecular complexity index is 248. The van der Waals surface area contributed by atoms with Crippen LogP contribution in [-0.4, -0.2) is 24.1 Å². The van der Waals surface area contributed by atoms with Crippen molar-refractivity contribution in [3.05, 3.63) is 0 Å². The Hall–Kier alpha value is -1.06. The first-order chi connectivity index (χ1) is 6.22. The minimum absolute atomic E-state index is 0.204. The van der Waals surface area contributed by atoms with Crippen LogP contribution >= 0.6 is 0 Å². The molecular weight excluding hydrogens is 172 g/mol. The molecule has 0 amide bonds. The van der Waals surface area contributed by atoms with Crippen molar-refractivity contribution < 1.29 is 19.1 Å². The minimum Gasteiger partial charge on any atom is -0.457 e. The Kier molecular flexibility index (Phi) is 1.98. The molecule has 0 spiro atoms. The Morgan fingerprint density at radius 3 is 2.85 bits per heavy atom. The topological polar surface area (TPSA) is 52.6 Å². The smallest absolute Gasteiger partial charge is 0.313 e. The molecular formula is C9H12O4. The van der Waals surface area contributed by atoms with Crippen molar-refractivity contribution in [2.75, 3.05) is 0 Å². The highest BCUT2D eigenvalue weighted by Gasteiger charge is 2.51. The predicted molar refractivity (Wildman–Crippen MR) is 42.8 cm³/mol. The van der Waals surface area contributed by atoms with Crippen LogP contribution in [0.5, 0.6) is 0 Å². The highest BCUT2D eigenvalue weighted by molar-refractivity contribution is 5.81. The molecule has 0 unspecified atom stereocenters. The Morgan fingerprint density at radius 2 is 2.15 bits per heavy atom. The van der Waals surface area contributed by atoms with E-state index in [4.69, 9.17) is 9.47 Å². The molecule has 72 valence electrons. The zero-order valence-corrected chi connectivity index (χ0v) is 7.49. The summed E-state index contributed by atoms with van der Waals surface area (Å²) in [5.41, 5.74) is 0. The van der Waals surface area contributed by atoms with Crippen molar-refractivity contribution >= 4 is 11.9 Å². The Morgan fingerprint density at radius 1 is 1.38 bits per heavy atom. The summed E-state index contributed by atoms with van der Waals surface area (Å²) in [6, 6.07) is 0. The maximum absolute atomic E-state index is 11.3. The molecule has 0 bridgehead atoms. The zero-order chi connectivity index (χ0) is 9.42. The van der Waals surface area contributed by atoms with E-state index >= 15 is 0 Å². The molecule has 0 aromatic carbocycles. The molecule has 4 heteroatoms. The van der Waals surface area contributed by atoms with Crippen LogP contribution in [0, 0.1) is 5.92 Å². The molecule has 2 aliphatic heterocycles. The standard InChI is InChI=1S/C9H12O4/c1-2-3-5-8-6(12-9(5)11)4-7(10)13-8/h5-6,8H,2-4H2,1H3/t5-,6-,8-/m1/s1. The summed E-state index contributed by atoms with van der Waals surface area (Å²) in [5, 5.41) is 0. The molecule has 0 aromatic rings. The van der Waals surface area contributed by atoms with Gasteiger partial charge >= 0.3 is 11.9 Å². The lowest BCUT2D eigenvalue weighted by Gasteiger charge is -2.10. The first-order valence-corrected chi connectivity index (χ1v) is 4.62. The largest absolute Gasteiger partial charge is 0.457 e. The summed E-state index contributed by atoms with van der Waals surface area (Å²) in [6.45, 7) is 2.00. The number of fused-ring (bicyclic) bond motifs is 1. The summed E-state index contributed by atoms with van der Waals surface area (Å²) >= 11 is 0. The fourth-order valence-corrected chi connectivity index (χ4v) is 1.97. The maximum atomic E-state index is 11.3. The SMILES string of the molecule is CCC[C@H]1C(=O)O[C@@H]2CC(=O)O[C@@H]21. The number of hydrogen-bond donors (Lipinski definition) is 0. The summed E-state index contributed by atoms with van der Waals surface area (Å²) in [7, 11) is 0. The summed E-state index contributed by atoms with van der Waals surface area (Å²) in [4.78, 5) is 22.2. The second-order valence-corrected chi connectivity index (χ2v) is 3.53. The molecule has 4 nitrogen and oxygen atoms in total. The third-order valence-corrected chi connectivity index (χ3v) is 2.57. The summed E-state index contributed by atoms with van der Waals surface area (Å²) in [6.07, 6.45) is 1.27. The number of ether oxygens (including phenoxy) is 2. The van der Waals surface area contributed by atoms with Crippen molar-refractivity contribution in [1.82, 2.24) is 0 Å². The molecule has 0 saturated carbocycles. The van der Waals surface area contributed by atoms with E-state index < -0.39 is 0 Å². The third kappa shape index (κ3) is 1.30. The van der Waals surface area contributed by atoms with Crippen LogP contribution in [0.1, 0.15) is 26.2 Å². The van der Waals surface area contributed by atoms with Gasteiger partial charge in [-0.05, 0) is 6.42 Å². The molecule has 0 radical (unpaired) electrons.